The van der Waals surface area contributed by atoms with Crippen molar-refractivity contribution in [3.8, 4) is 0 Å². The third-order valence-electron chi connectivity index (χ3n) is 2.23. The van der Waals surface area contributed by atoms with Crippen LogP contribution in [-0.4, -0.2) is 42.4 Å². The lowest BCUT2D eigenvalue weighted by molar-refractivity contribution is 0.0696. The average Bonchev–Trinajstić information content (AvgIpc) is 2.20. The van der Waals surface area contributed by atoms with E-state index in [2.05, 4.69) is 4.90 Å². The molecule has 88 valence electrons. The van der Waals surface area contributed by atoms with E-state index >= 15 is 0 Å². The lowest BCUT2D eigenvalue weighted by Gasteiger charge is -2.10. The van der Waals surface area contributed by atoms with Gasteiger partial charge >= 0.3 is 5.97 Å². The molecule has 0 heterocycles. The van der Waals surface area contributed by atoms with Gasteiger partial charge in [0.25, 0.3) is 0 Å². The van der Waals surface area contributed by atoms with Crippen molar-refractivity contribution in [2.75, 3.05) is 26.4 Å². The fourth-order valence-corrected chi connectivity index (χ4v) is 2.41. The first kappa shape index (κ1) is 13.1. The smallest absolute Gasteiger partial charge is 0.335 e. The number of benzene rings is 1. The Morgan fingerprint density at radius 1 is 1.44 bits per heavy atom. The van der Waals surface area contributed by atoms with Crippen molar-refractivity contribution in [1.29, 1.82) is 0 Å². The molecular formula is C12H17NO2S. The molecule has 4 heteroatoms. The van der Waals surface area contributed by atoms with E-state index in [0.29, 0.717) is 5.56 Å². The summed E-state index contributed by atoms with van der Waals surface area (Å²) in [6.45, 7) is 2.99. The van der Waals surface area contributed by atoms with Crippen LogP contribution in [0.2, 0.25) is 0 Å². The second-order valence-corrected chi connectivity index (χ2v) is 5.07. The number of aromatic carboxylic acids is 1. The van der Waals surface area contributed by atoms with Crippen molar-refractivity contribution in [2.24, 2.45) is 0 Å². The summed E-state index contributed by atoms with van der Waals surface area (Å²) in [6, 6.07) is 5.26. The molecular weight excluding hydrogens is 222 g/mol. The highest BCUT2D eigenvalue weighted by Crippen LogP contribution is 2.23. The number of carboxylic acids is 1. The van der Waals surface area contributed by atoms with Crippen LogP contribution < -0.4 is 0 Å². The van der Waals surface area contributed by atoms with Crippen LogP contribution in [0.25, 0.3) is 0 Å². The molecule has 1 aromatic rings. The lowest BCUT2D eigenvalue weighted by atomic mass is 10.1. The van der Waals surface area contributed by atoms with Crippen molar-refractivity contribution in [3.05, 3.63) is 29.3 Å². The number of carbonyl (C=O) groups is 1. The van der Waals surface area contributed by atoms with E-state index in [0.717, 1.165) is 22.8 Å². The van der Waals surface area contributed by atoms with Crippen LogP contribution in [0.1, 0.15) is 15.9 Å². The van der Waals surface area contributed by atoms with E-state index in [-0.39, 0.29) is 0 Å². The zero-order valence-corrected chi connectivity index (χ0v) is 10.7. The molecule has 0 amide bonds. The summed E-state index contributed by atoms with van der Waals surface area (Å²) in [4.78, 5) is 14.0. The van der Waals surface area contributed by atoms with E-state index in [1.807, 2.05) is 27.1 Å². The quantitative estimate of drug-likeness (QED) is 0.801. The molecule has 0 aliphatic heterocycles. The Kier molecular flexibility index (Phi) is 4.83. The molecule has 0 aromatic heterocycles. The van der Waals surface area contributed by atoms with Gasteiger partial charge in [0.2, 0.25) is 0 Å². The van der Waals surface area contributed by atoms with Gasteiger partial charge in [-0.25, -0.2) is 4.79 Å². The Morgan fingerprint density at radius 2 is 2.12 bits per heavy atom. The molecule has 3 nitrogen and oxygen atoms in total. The summed E-state index contributed by atoms with van der Waals surface area (Å²) < 4.78 is 0. The Hall–Kier alpha value is -1.00. The molecule has 1 N–H and O–H groups in total. The fraction of sp³-hybridized carbons (Fsp3) is 0.417. The van der Waals surface area contributed by atoms with E-state index in [9.17, 15) is 4.79 Å². The van der Waals surface area contributed by atoms with Crippen molar-refractivity contribution < 1.29 is 9.90 Å². The first-order valence-corrected chi connectivity index (χ1v) is 6.10. The number of hydrogen-bond acceptors (Lipinski definition) is 3. The standard InChI is InChI=1S/C12H17NO2S/c1-9-4-5-10(12(14)15)8-11(9)16-7-6-13(2)3/h4-5,8H,6-7H2,1-3H3,(H,14,15). The molecule has 1 rings (SSSR count). The number of thioether (sulfide) groups is 1. The van der Waals surface area contributed by atoms with E-state index in [1.54, 1.807) is 23.9 Å². The molecule has 0 aliphatic carbocycles. The highest BCUT2D eigenvalue weighted by Gasteiger charge is 2.06. The van der Waals surface area contributed by atoms with Gasteiger partial charge in [-0.05, 0) is 38.7 Å². The van der Waals surface area contributed by atoms with Gasteiger partial charge in [0.1, 0.15) is 0 Å². The van der Waals surface area contributed by atoms with E-state index < -0.39 is 5.97 Å². The largest absolute Gasteiger partial charge is 0.478 e. The molecule has 16 heavy (non-hydrogen) atoms. The first-order valence-electron chi connectivity index (χ1n) is 5.12. The monoisotopic (exact) mass is 239 g/mol. The Morgan fingerprint density at radius 3 is 2.69 bits per heavy atom. The predicted octanol–water partition coefficient (Wildman–Crippen LogP) is 2.35. The van der Waals surface area contributed by atoms with Gasteiger partial charge in [0.15, 0.2) is 0 Å². The molecule has 0 bridgehead atoms. The van der Waals surface area contributed by atoms with Crippen LogP contribution in [0.3, 0.4) is 0 Å². The maximum absolute atomic E-state index is 10.8. The van der Waals surface area contributed by atoms with Gasteiger partial charge < -0.3 is 10.0 Å². The second kappa shape index (κ2) is 5.92. The van der Waals surface area contributed by atoms with Crippen molar-refractivity contribution in [1.82, 2.24) is 4.90 Å². The topological polar surface area (TPSA) is 40.5 Å². The second-order valence-electron chi connectivity index (χ2n) is 3.94. The third-order valence-corrected chi connectivity index (χ3v) is 3.37. The maximum Gasteiger partial charge on any atom is 0.335 e. The van der Waals surface area contributed by atoms with Crippen LogP contribution in [0.15, 0.2) is 23.1 Å². The molecule has 0 saturated heterocycles. The number of rotatable bonds is 5. The fourth-order valence-electron chi connectivity index (χ4n) is 1.23. The van der Waals surface area contributed by atoms with Gasteiger partial charge in [-0.1, -0.05) is 6.07 Å². The SMILES string of the molecule is Cc1ccc(C(=O)O)cc1SCCN(C)C. The van der Waals surface area contributed by atoms with Crippen LogP contribution in [0.5, 0.6) is 0 Å². The van der Waals surface area contributed by atoms with Crippen LogP contribution >= 0.6 is 11.8 Å². The predicted molar refractivity (Wildman–Crippen MR) is 67.4 cm³/mol. The Balaban J connectivity index is 2.70. The van der Waals surface area contributed by atoms with Crippen molar-refractivity contribution in [2.45, 2.75) is 11.8 Å². The van der Waals surface area contributed by atoms with Gasteiger partial charge in [-0.3, -0.25) is 0 Å². The van der Waals surface area contributed by atoms with E-state index in [1.165, 1.54) is 0 Å². The lowest BCUT2D eigenvalue weighted by Crippen LogP contribution is -2.14. The summed E-state index contributed by atoms with van der Waals surface area (Å²) in [5.74, 6) is 0.103. The van der Waals surface area contributed by atoms with Crippen molar-refractivity contribution >= 4 is 17.7 Å². The number of carboxylic acid groups (broad SMARTS) is 1. The molecule has 0 fully saturated rings. The van der Waals surface area contributed by atoms with Crippen LogP contribution in [-0.2, 0) is 0 Å². The van der Waals surface area contributed by atoms with Gasteiger partial charge in [-0.2, -0.15) is 0 Å². The minimum atomic E-state index is -0.866. The average molecular weight is 239 g/mol. The first-order chi connectivity index (χ1) is 7.50. The summed E-state index contributed by atoms with van der Waals surface area (Å²) in [5.41, 5.74) is 1.49. The summed E-state index contributed by atoms with van der Waals surface area (Å²) in [6.07, 6.45) is 0. The van der Waals surface area contributed by atoms with Crippen LogP contribution in [0, 0.1) is 6.92 Å². The molecule has 0 saturated carbocycles. The number of aryl methyl sites for hydroxylation is 1. The van der Waals surface area contributed by atoms with Gasteiger partial charge in [-0.15, -0.1) is 11.8 Å². The highest BCUT2D eigenvalue weighted by molar-refractivity contribution is 7.99. The molecule has 0 spiro atoms. The number of nitrogens with zero attached hydrogens (tertiary/aromatic N) is 1. The van der Waals surface area contributed by atoms with E-state index in [4.69, 9.17) is 5.11 Å². The molecule has 0 radical (unpaired) electrons. The summed E-state index contributed by atoms with van der Waals surface area (Å²) in [7, 11) is 4.06. The summed E-state index contributed by atoms with van der Waals surface area (Å²) in [5, 5.41) is 8.90. The zero-order valence-electron chi connectivity index (χ0n) is 9.86. The minimum absolute atomic E-state index is 0.359. The van der Waals surface area contributed by atoms with Gasteiger partial charge in [0.05, 0.1) is 5.56 Å². The van der Waals surface area contributed by atoms with Gasteiger partial charge in [0, 0.05) is 17.2 Å². The van der Waals surface area contributed by atoms with Crippen LogP contribution in [0.4, 0.5) is 0 Å². The molecule has 0 unspecified atom stereocenters. The zero-order chi connectivity index (χ0) is 12.1. The minimum Gasteiger partial charge on any atom is -0.478 e. The molecule has 1 aromatic carbocycles. The number of hydrogen-bond donors (Lipinski definition) is 1. The third kappa shape index (κ3) is 3.87. The van der Waals surface area contributed by atoms with Crippen molar-refractivity contribution in [3.63, 3.8) is 0 Å². The molecule has 0 aliphatic rings. The Bertz CT molecular complexity index is 377. The maximum atomic E-state index is 10.8. The Labute approximate surface area is 100 Å². The normalized spacial score (nSPS) is 10.8. The highest BCUT2D eigenvalue weighted by atomic mass is 32.2. The summed E-state index contributed by atoms with van der Waals surface area (Å²) >= 11 is 1.70. The molecule has 0 atom stereocenters.